The van der Waals surface area contributed by atoms with Crippen LogP contribution in [0.2, 0.25) is 0 Å². The van der Waals surface area contributed by atoms with E-state index in [2.05, 4.69) is 15.5 Å². The number of amides is 2. The summed E-state index contributed by atoms with van der Waals surface area (Å²) in [6.07, 6.45) is 0.114. The Morgan fingerprint density at radius 3 is 2.64 bits per heavy atom. The summed E-state index contributed by atoms with van der Waals surface area (Å²) in [4.78, 5) is 39.8. The second-order valence-corrected chi connectivity index (χ2v) is 10.2. The van der Waals surface area contributed by atoms with Gasteiger partial charge in [0.05, 0.1) is 25.8 Å². The van der Waals surface area contributed by atoms with E-state index in [1.807, 2.05) is 12.1 Å². The molecular weight excluding hydrogens is 545 g/mol. The molecule has 0 saturated carbocycles. The van der Waals surface area contributed by atoms with Gasteiger partial charge in [0.15, 0.2) is 18.1 Å². The SMILES string of the molecule is COC(=O)c1ccc(CN2CC[C@H]3Oc4cc(F)cc(c4)CNC(=O)COc4cc(ccc4OC)C(=O)N[C@H]3C2)cc1. The van der Waals surface area contributed by atoms with Gasteiger partial charge in [0, 0.05) is 37.8 Å². The highest BCUT2D eigenvalue weighted by atomic mass is 19.1. The first kappa shape index (κ1) is 28.9. The number of hydrogen-bond donors (Lipinski definition) is 2. The fourth-order valence-corrected chi connectivity index (χ4v) is 5.09. The highest BCUT2D eigenvalue weighted by molar-refractivity contribution is 5.95. The zero-order chi connectivity index (χ0) is 29.6. The molecule has 2 amide bonds. The number of likely N-dealkylation sites (tertiary alicyclic amines) is 1. The zero-order valence-electron chi connectivity index (χ0n) is 23.4. The molecule has 5 rings (SSSR count). The number of methoxy groups -OCH3 is 2. The molecule has 3 aromatic rings. The lowest BCUT2D eigenvalue weighted by Crippen LogP contribution is -2.56. The van der Waals surface area contributed by atoms with Crippen LogP contribution in [0.3, 0.4) is 0 Å². The fourth-order valence-electron chi connectivity index (χ4n) is 5.09. The van der Waals surface area contributed by atoms with Crippen LogP contribution >= 0.6 is 0 Å². The number of benzene rings is 3. The molecule has 2 aliphatic rings. The molecule has 2 N–H and O–H groups in total. The third-order valence-corrected chi connectivity index (χ3v) is 7.22. The maximum Gasteiger partial charge on any atom is 0.337 e. The molecule has 3 aromatic carbocycles. The predicted molar refractivity (Wildman–Crippen MR) is 150 cm³/mol. The second kappa shape index (κ2) is 12.9. The molecule has 0 spiro atoms. The van der Waals surface area contributed by atoms with Gasteiger partial charge in [-0.15, -0.1) is 0 Å². The summed E-state index contributed by atoms with van der Waals surface area (Å²) in [6, 6.07) is 15.8. The van der Waals surface area contributed by atoms with E-state index in [0.29, 0.717) is 54.2 Å². The lowest BCUT2D eigenvalue weighted by molar-refractivity contribution is -0.123. The van der Waals surface area contributed by atoms with E-state index in [0.717, 1.165) is 5.56 Å². The standard InChI is InChI=1S/C31H32FN3O7/c1-39-27-8-7-22-13-28(27)41-18-29(36)33-15-20-11-23(32)14-24(12-20)42-26-9-10-35(17-25(26)34-30(22)37)16-19-3-5-21(6-4-19)31(38)40-2/h3-8,11-14,25-26H,9-10,15-18H2,1-2H3,(H,33,36)(H,34,37)/t25-,26+/m0/s1. The first-order valence-electron chi connectivity index (χ1n) is 13.6. The van der Waals surface area contributed by atoms with E-state index in [1.54, 1.807) is 30.3 Å². The van der Waals surface area contributed by atoms with Crippen LogP contribution in [0.1, 0.15) is 38.3 Å². The molecule has 42 heavy (non-hydrogen) atoms. The summed E-state index contributed by atoms with van der Waals surface area (Å²) in [7, 11) is 2.81. The number of carbonyl (C=O) groups is 3. The topological polar surface area (TPSA) is 115 Å². The number of hydrogen-bond acceptors (Lipinski definition) is 8. The van der Waals surface area contributed by atoms with E-state index < -0.39 is 29.8 Å². The Morgan fingerprint density at radius 1 is 1.07 bits per heavy atom. The molecule has 10 nitrogen and oxygen atoms in total. The van der Waals surface area contributed by atoms with Gasteiger partial charge in [0.1, 0.15) is 17.7 Å². The summed E-state index contributed by atoms with van der Waals surface area (Å²) in [6.45, 7) is 1.48. The Bertz CT molecular complexity index is 1460. The summed E-state index contributed by atoms with van der Waals surface area (Å²) < 4.78 is 36.6. The van der Waals surface area contributed by atoms with Crippen molar-refractivity contribution in [3.05, 3.63) is 88.7 Å². The average molecular weight is 578 g/mol. The van der Waals surface area contributed by atoms with E-state index in [4.69, 9.17) is 18.9 Å². The molecule has 1 saturated heterocycles. The van der Waals surface area contributed by atoms with Crippen LogP contribution in [0.4, 0.5) is 4.39 Å². The van der Waals surface area contributed by atoms with E-state index in [1.165, 1.54) is 32.4 Å². The van der Waals surface area contributed by atoms with Crippen LogP contribution in [0, 0.1) is 5.82 Å². The Labute approximate surface area is 242 Å². The second-order valence-electron chi connectivity index (χ2n) is 10.2. The number of nitrogens with zero attached hydrogens (tertiary/aromatic N) is 1. The summed E-state index contributed by atoms with van der Waals surface area (Å²) in [5.74, 6) is -0.747. The predicted octanol–water partition coefficient (Wildman–Crippen LogP) is 3.08. The Balaban J connectivity index is 1.41. The minimum atomic E-state index is -0.498. The Hall–Kier alpha value is -4.64. The zero-order valence-corrected chi connectivity index (χ0v) is 23.4. The molecular formula is C31H32FN3O7. The molecule has 2 heterocycles. The van der Waals surface area contributed by atoms with Crippen molar-refractivity contribution >= 4 is 17.8 Å². The van der Waals surface area contributed by atoms with Gasteiger partial charge in [0.25, 0.3) is 11.8 Å². The fraction of sp³-hybridized carbons (Fsp3) is 0.323. The maximum absolute atomic E-state index is 14.5. The van der Waals surface area contributed by atoms with E-state index >= 15 is 0 Å². The number of ether oxygens (including phenoxy) is 4. The number of esters is 1. The molecule has 220 valence electrons. The van der Waals surface area contributed by atoms with Crippen molar-refractivity contribution in [2.75, 3.05) is 33.9 Å². The molecule has 0 radical (unpaired) electrons. The summed E-state index contributed by atoms with van der Waals surface area (Å²) in [5.41, 5.74) is 2.31. The van der Waals surface area contributed by atoms with Crippen molar-refractivity contribution < 1.29 is 37.7 Å². The number of rotatable bonds is 4. The summed E-state index contributed by atoms with van der Waals surface area (Å²) in [5, 5.41) is 5.80. The number of carbonyl (C=O) groups excluding carboxylic acids is 3. The monoisotopic (exact) mass is 577 g/mol. The molecule has 4 bridgehead atoms. The van der Waals surface area contributed by atoms with Gasteiger partial charge < -0.3 is 29.6 Å². The quantitative estimate of drug-likeness (QED) is 0.455. The van der Waals surface area contributed by atoms with E-state index in [9.17, 15) is 18.8 Å². The van der Waals surface area contributed by atoms with Crippen molar-refractivity contribution in [3.63, 3.8) is 0 Å². The molecule has 0 unspecified atom stereocenters. The number of nitrogens with one attached hydrogen (secondary N) is 2. The van der Waals surface area contributed by atoms with Gasteiger partial charge in [-0.1, -0.05) is 12.1 Å². The maximum atomic E-state index is 14.5. The van der Waals surface area contributed by atoms with Crippen molar-refractivity contribution in [3.8, 4) is 17.2 Å². The van der Waals surface area contributed by atoms with Crippen LogP contribution < -0.4 is 24.8 Å². The van der Waals surface area contributed by atoms with E-state index in [-0.39, 0.29) is 24.8 Å². The van der Waals surface area contributed by atoms with Gasteiger partial charge in [0.2, 0.25) is 0 Å². The van der Waals surface area contributed by atoms with Crippen LogP contribution in [0.5, 0.6) is 17.2 Å². The van der Waals surface area contributed by atoms with Crippen molar-refractivity contribution in [2.45, 2.75) is 31.7 Å². The van der Waals surface area contributed by atoms with Crippen LogP contribution in [-0.4, -0.2) is 68.7 Å². The lowest BCUT2D eigenvalue weighted by atomic mass is 10.00. The number of piperidine rings is 1. The highest BCUT2D eigenvalue weighted by Gasteiger charge is 2.33. The largest absolute Gasteiger partial charge is 0.493 e. The van der Waals surface area contributed by atoms with Crippen molar-refractivity contribution in [1.29, 1.82) is 0 Å². The molecule has 1 fully saturated rings. The molecule has 0 aromatic heterocycles. The van der Waals surface area contributed by atoms with Crippen LogP contribution in [-0.2, 0) is 22.6 Å². The normalized spacial score (nSPS) is 19.3. The first-order valence-corrected chi connectivity index (χ1v) is 13.6. The number of halogens is 1. The van der Waals surface area contributed by atoms with Crippen LogP contribution in [0.15, 0.2) is 60.7 Å². The average Bonchev–Trinajstić information content (AvgIpc) is 2.99. The van der Waals surface area contributed by atoms with Crippen LogP contribution in [0.25, 0.3) is 0 Å². The van der Waals surface area contributed by atoms with Gasteiger partial charge in [-0.25, -0.2) is 9.18 Å². The third-order valence-electron chi connectivity index (χ3n) is 7.22. The lowest BCUT2D eigenvalue weighted by Gasteiger charge is -2.39. The van der Waals surface area contributed by atoms with Crippen molar-refractivity contribution in [1.82, 2.24) is 15.5 Å². The van der Waals surface area contributed by atoms with Gasteiger partial charge >= 0.3 is 5.97 Å². The molecule has 0 aliphatic carbocycles. The highest BCUT2D eigenvalue weighted by Crippen LogP contribution is 2.29. The van der Waals surface area contributed by atoms with Gasteiger partial charge in [-0.3, -0.25) is 14.5 Å². The Kier molecular flexibility index (Phi) is 8.87. The first-order chi connectivity index (χ1) is 20.3. The number of fused-ring (bicyclic) bond motifs is 5. The summed E-state index contributed by atoms with van der Waals surface area (Å²) >= 11 is 0. The molecule has 11 heteroatoms. The van der Waals surface area contributed by atoms with Gasteiger partial charge in [-0.2, -0.15) is 0 Å². The van der Waals surface area contributed by atoms with Gasteiger partial charge in [-0.05, 0) is 60.0 Å². The minimum Gasteiger partial charge on any atom is -0.493 e. The minimum absolute atomic E-state index is 0.0842. The van der Waals surface area contributed by atoms with Crippen molar-refractivity contribution in [2.24, 2.45) is 0 Å². The molecule has 2 aliphatic heterocycles. The molecule has 2 atom stereocenters. The third kappa shape index (κ3) is 6.98. The Morgan fingerprint density at radius 2 is 1.88 bits per heavy atom. The smallest absolute Gasteiger partial charge is 0.337 e.